The van der Waals surface area contributed by atoms with Crippen molar-refractivity contribution in [1.82, 2.24) is 29.5 Å². The van der Waals surface area contributed by atoms with Crippen molar-refractivity contribution in [3.63, 3.8) is 0 Å². The van der Waals surface area contributed by atoms with E-state index in [0.29, 0.717) is 25.6 Å². The maximum absolute atomic E-state index is 13.3. The van der Waals surface area contributed by atoms with Gasteiger partial charge in [-0.3, -0.25) is 9.69 Å². The molecule has 0 N–H and O–H groups in total. The first-order chi connectivity index (χ1) is 17.1. The van der Waals surface area contributed by atoms with E-state index in [2.05, 4.69) is 19.8 Å². The second-order valence-electron chi connectivity index (χ2n) is 9.50. The Morgan fingerprint density at radius 2 is 1.83 bits per heavy atom. The summed E-state index contributed by atoms with van der Waals surface area (Å²) in [6.45, 7) is 3.25. The van der Waals surface area contributed by atoms with Crippen LogP contribution in [0.5, 0.6) is 5.75 Å². The van der Waals surface area contributed by atoms with Crippen LogP contribution in [0.2, 0.25) is 0 Å². The number of fused-ring (bicyclic) bond motifs is 3. The topological polar surface area (TPSA) is 79.6 Å². The van der Waals surface area contributed by atoms with E-state index in [0.717, 1.165) is 55.0 Å². The smallest absolute Gasteiger partial charge is 0.237 e. The van der Waals surface area contributed by atoms with Crippen molar-refractivity contribution in [1.29, 1.82) is 0 Å². The Kier molecular flexibility index (Phi) is 5.60. The van der Waals surface area contributed by atoms with E-state index in [1.165, 1.54) is 12.4 Å². The Morgan fingerprint density at radius 3 is 2.51 bits per heavy atom. The predicted octanol–water partition coefficient (Wildman–Crippen LogP) is 2.05. The monoisotopic (exact) mass is 477 g/mol. The molecule has 2 bridgehead atoms. The molecule has 2 unspecified atom stereocenters. The first-order valence-corrected chi connectivity index (χ1v) is 12.1. The predicted molar refractivity (Wildman–Crippen MR) is 127 cm³/mol. The van der Waals surface area contributed by atoms with Crippen LogP contribution in [0.15, 0.2) is 42.9 Å². The minimum Gasteiger partial charge on any atom is -0.497 e. The number of hydrogen-bond acceptors (Lipinski definition) is 7. The third kappa shape index (κ3) is 4.22. The average Bonchev–Trinajstić information content (AvgIpc) is 3.42. The van der Waals surface area contributed by atoms with Gasteiger partial charge in [-0.1, -0.05) is 0 Å². The second kappa shape index (κ2) is 8.92. The summed E-state index contributed by atoms with van der Waals surface area (Å²) < 4.78 is 20.4. The highest BCUT2D eigenvalue weighted by Gasteiger charge is 2.42. The van der Waals surface area contributed by atoms with Gasteiger partial charge in [0, 0.05) is 56.4 Å². The first-order valence-electron chi connectivity index (χ1n) is 12.1. The number of aromatic nitrogens is 4. The second-order valence-corrected chi connectivity index (χ2v) is 9.50. The molecule has 0 radical (unpaired) electrons. The van der Waals surface area contributed by atoms with Crippen LogP contribution in [0.25, 0.3) is 5.69 Å². The van der Waals surface area contributed by atoms with Gasteiger partial charge in [-0.2, -0.15) is 5.10 Å². The molecule has 3 aliphatic heterocycles. The van der Waals surface area contributed by atoms with Crippen molar-refractivity contribution in [2.75, 3.05) is 38.2 Å². The number of benzene rings is 1. The van der Waals surface area contributed by atoms with Gasteiger partial charge in [0.15, 0.2) is 5.82 Å². The molecule has 0 saturated carbocycles. The van der Waals surface area contributed by atoms with E-state index in [1.807, 2.05) is 40.0 Å². The van der Waals surface area contributed by atoms with Gasteiger partial charge in [-0.15, -0.1) is 0 Å². The van der Waals surface area contributed by atoms with Crippen LogP contribution in [0.3, 0.4) is 0 Å². The Bertz CT molecular complexity index is 1200. The minimum absolute atomic E-state index is 0.152. The molecule has 2 saturated heterocycles. The Labute approximate surface area is 203 Å². The number of methoxy groups -OCH3 is 1. The zero-order chi connectivity index (χ0) is 23.9. The van der Waals surface area contributed by atoms with Gasteiger partial charge in [0.1, 0.15) is 5.75 Å². The Morgan fingerprint density at radius 1 is 1.11 bits per heavy atom. The minimum atomic E-state index is -0.426. The van der Waals surface area contributed by atoms with Gasteiger partial charge in [0.05, 0.1) is 37.4 Å². The van der Waals surface area contributed by atoms with Crippen LogP contribution in [0.1, 0.15) is 24.1 Å². The molecular formula is C25H28FN7O2. The molecule has 1 aromatic carbocycles. The van der Waals surface area contributed by atoms with Crippen LogP contribution in [-0.2, 0) is 17.8 Å². The highest BCUT2D eigenvalue weighted by molar-refractivity contribution is 5.78. The molecule has 0 spiro atoms. The van der Waals surface area contributed by atoms with Gasteiger partial charge in [0.2, 0.25) is 11.9 Å². The van der Waals surface area contributed by atoms with Crippen molar-refractivity contribution in [2.24, 2.45) is 0 Å². The summed E-state index contributed by atoms with van der Waals surface area (Å²) in [5.74, 6) is 1.12. The van der Waals surface area contributed by atoms with Crippen LogP contribution in [0.4, 0.5) is 10.3 Å². The molecule has 0 aliphatic carbocycles. The van der Waals surface area contributed by atoms with Gasteiger partial charge >= 0.3 is 0 Å². The fourth-order valence-corrected chi connectivity index (χ4v) is 5.57. The Balaban J connectivity index is 1.09. The summed E-state index contributed by atoms with van der Waals surface area (Å²) in [5.41, 5.74) is 3.12. The molecule has 35 heavy (non-hydrogen) atoms. The number of rotatable bonds is 5. The number of likely N-dealkylation sites (tertiary alicyclic amines) is 1. The highest BCUT2D eigenvalue weighted by atomic mass is 19.1. The number of piperazine rings is 1. The quantitative estimate of drug-likeness (QED) is 0.557. The first kappa shape index (κ1) is 22.0. The number of halogens is 1. The third-order valence-corrected chi connectivity index (χ3v) is 7.30. The summed E-state index contributed by atoms with van der Waals surface area (Å²) >= 11 is 0. The van der Waals surface area contributed by atoms with E-state index in [4.69, 9.17) is 9.84 Å². The molecule has 3 aliphatic rings. The SMILES string of the molecule is COc1ccc(-n2cc3c(n2)CCN(C(=O)CN2CC4CCC(C2)N4c2ncc(F)cn2)C3)cc1. The zero-order valence-electron chi connectivity index (χ0n) is 19.7. The van der Waals surface area contributed by atoms with Crippen molar-refractivity contribution in [3.8, 4) is 11.4 Å². The van der Waals surface area contributed by atoms with Gasteiger partial charge in [-0.25, -0.2) is 19.0 Å². The molecule has 1 amide bonds. The molecule has 10 heteroatoms. The fourth-order valence-electron chi connectivity index (χ4n) is 5.57. The molecule has 9 nitrogen and oxygen atoms in total. The van der Waals surface area contributed by atoms with Gasteiger partial charge in [-0.05, 0) is 37.1 Å². The summed E-state index contributed by atoms with van der Waals surface area (Å²) in [6, 6.07) is 8.29. The molecule has 3 aromatic rings. The van der Waals surface area contributed by atoms with Crippen molar-refractivity contribution in [3.05, 3.63) is 59.9 Å². The van der Waals surface area contributed by atoms with E-state index in [9.17, 15) is 9.18 Å². The highest BCUT2D eigenvalue weighted by Crippen LogP contribution is 2.33. The van der Waals surface area contributed by atoms with E-state index in [1.54, 1.807) is 7.11 Å². The summed E-state index contributed by atoms with van der Waals surface area (Å²) in [6.07, 6.45) is 7.29. The molecule has 5 heterocycles. The van der Waals surface area contributed by atoms with Crippen LogP contribution in [0, 0.1) is 5.82 Å². The van der Waals surface area contributed by atoms with E-state index >= 15 is 0 Å². The number of hydrogen-bond donors (Lipinski definition) is 0. The van der Waals surface area contributed by atoms with E-state index < -0.39 is 5.82 Å². The lowest BCUT2D eigenvalue weighted by atomic mass is 10.1. The zero-order valence-corrected chi connectivity index (χ0v) is 19.7. The van der Waals surface area contributed by atoms with Crippen molar-refractivity contribution >= 4 is 11.9 Å². The molecule has 2 atom stereocenters. The van der Waals surface area contributed by atoms with Crippen LogP contribution in [-0.4, -0.2) is 80.8 Å². The number of amides is 1. The maximum Gasteiger partial charge on any atom is 0.237 e. The van der Waals surface area contributed by atoms with Gasteiger partial charge in [0.25, 0.3) is 0 Å². The lowest BCUT2D eigenvalue weighted by Crippen LogP contribution is -2.56. The lowest BCUT2D eigenvalue weighted by molar-refractivity contribution is -0.133. The number of anilines is 1. The van der Waals surface area contributed by atoms with Crippen molar-refractivity contribution in [2.45, 2.75) is 37.9 Å². The Hall–Kier alpha value is -3.53. The molecule has 182 valence electrons. The lowest BCUT2D eigenvalue weighted by Gasteiger charge is -2.41. The number of carbonyl (C=O) groups excluding carboxylic acids is 1. The van der Waals surface area contributed by atoms with Crippen LogP contribution >= 0.6 is 0 Å². The van der Waals surface area contributed by atoms with Crippen molar-refractivity contribution < 1.29 is 13.9 Å². The van der Waals surface area contributed by atoms with Crippen LogP contribution < -0.4 is 9.64 Å². The average molecular weight is 478 g/mol. The molecule has 2 aromatic heterocycles. The number of carbonyl (C=O) groups is 1. The summed E-state index contributed by atoms with van der Waals surface area (Å²) in [7, 11) is 1.65. The third-order valence-electron chi connectivity index (χ3n) is 7.30. The van der Waals surface area contributed by atoms with Gasteiger partial charge < -0.3 is 14.5 Å². The number of nitrogens with zero attached hydrogens (tertiary/aromatic N) is 7. The fraction of sp³-hybridized carbons (Fsp3) is 0.440. The molecular weight excluding hydrogens is 449 g/mol. The standard InChI is InChI=1S/C25H28FN7O2/c1-35-22-6-4-19(5-7-22)32-13-17-12-31(9-8-23(17)29-32)24(34)16-30-14-20-2-3-21(15-30)33(20)25-27-10-18(26)11-28-25/h4-7,10-11,13,20-21H,2-3,8-9,12,14-16H2,1H3. The largest absolute Gasteiger partial charge is 0.497 e. The number of ether oxygens (including phenoxy) is 1. The summed E-state index contributed by atoms with van der Waals surface area (Å²) in [5, 5.41) is 4.74. The maximum atomic E-state index is 13.3. The molecule has 2 fully saturated rings. The van der Waals surface area contributed by atoms with E-state index in [-0.39, 0.29) is 18.0 Å². The summed E-state index contributed by atoms with van der Waals surface area (Å²) in [4.78, 5) is 28.0. The normalized spacial score (nSPS) is 21.8. The molecule has 6 rings (SSSR count).